The van der Waals surface area contributed by atoms with Gasteiger partial charge in [-0.15, -0.1) is 15.7 Å². The van der Waals surface area contributed by atoms with Gasteiger partial charge in [0.15, 0.2) is 4.47 Å². The van der Waals surface area contributed by atoms with Crippen LogP contribution in [0.3, 0.4) is 0 Å². The normalized spacial score (nSPS) is 11.1. The van der Waals surface area contributed by atoms with Crippen molar-refractivity contribution in [3.05, 3.63) is 39.8 Å². The van der Waals surface area contributed by atoms with Crippen LogP contribution in [0.25, 0.3) is 0 Å². The fourth-order valence-electron chi connectivity index (χ4n) is 1.49. The summed E-state index contributed by atoms with van der Waals surface area (Å²) in [6.45, 7) is 0.546. The molecule has 7 nitrogen and oxygen atoms in total. The van der Waals surface area contributed by atoms with E-state index in [1.807, 2.05) is 0 Å². The number of thiazole rings is 1. The van der Waals surface area contributed by atoms with Crippen LogP contribution >= 0.6 is 22.9 Å². The zero-order valence-corrected chi connectivity index (χ0v) is 13.0. The average Bonchev–Trinajstić information content (AvgIpc) is 2.81. The first kappa shape index (κ1) is 15.5. The number of rotatable bonds is 5. The number of hydrogen-bond acceptors (Lipinski definition) is 5. The van der Waals surface area contributed by atoms with Gasteiger partial charge in [0.1, 0.15) is 0 Å². The Labute approximate surface area is 130 Å². The van der Waals surface area contributed by atoms with Gasteiger partial charge in [-0.2, -0.15) is 8.42 Å². The van der Waals surface area contributed by atoms with Gasteiger partial charge in [0.25, 0.3) is 10.0 Å². The molecule has 1 aromatic heterocycles. The molecule has 0 fully saturated rings. The summed E-state index contributed by atoms with van der Waals surface area (Å²) in [5, 5.41) is 3.13. The van der Waals surface area contributed by atoms with E-state index < -0.39 is 16.0 Å². The second kappa shape index (κ2) is 6.29. The Hall–Kier alpha value is -1.84. The number of guanidine groups is 1. The second-order valence-corrected chi connectivity index (χ2v) is 7.25. The molecular weight excluding hydrogens is 334 g/mol. The molecule has 0 unspecified atom stereocenters. The standard InChI is InChI=1S/C11H12ClN5O2S2/c12-10-16-6-8(20-10)5-15-7-1-3-9(4-2-7)21(18,19)17-11(13)14/h1-4,6,15H,5H2,(H4,13,14,17). The van der Waals surface area contributed by atoms with Crippen molar-refractivity contribution in [1.29, 1.82) is 0 Å². The predicted molar refractivity (Wildman–Crippen MR) is 83.9 cm³/mol. The van der Waals surface area contributed by atoms with Crippen LogP contribution in [0.5, 0.6) is 0 Å². The Morgan fingerprint density at radius 1 is 1.33 bits per heavy atom. The van der Waals surface area contributed by atoms with Gasteiger partial charge in [0.2, 0.25) is 5.96 Å². The number of nitrogens with zero attached hydrogens (tertiary/aromatic N) is 2. The Bertz CT molecular complexity index is 751. The lowest BCUT2D eigenvalue weighted by Crippen LogP contribution is -2.24. The van der Waals surface area contributed by atoms with Crippen molar-refractivity contribution in [2.45, 2.75) is 11.4 Å². The Kier molecular flexibility index (Phi) is 4.66. The molecule has 0 atom stereocenters. The monoisotopic (exact) mass is 345 g/mol. The number of halogens is 1. The van der Waals surface area contributed by atoms with Gasteiger partial charge in [-0.05, 0) is 24.3 Å². The van der Waals surface area contributed by atoms with E-state index in [1.165, 1.54) is 23.5 Å². The molecule has 2 rings (SSSR count). The van der Waals surface area contributed by atoms with Crippen LogP contribution < -0.4 is 16.8 Å². The quantitative estimate of drug-likeness (QED) is 0.555. The minimum absolute atomic E-state index is 0.0160. The van der Waals surface area contributed by atoms with Gasteiger partial charge >= 0.3 is 0 Å². The van der Waals surface area contributed by atoms with Gasteiger partial charge < -0.3 is 16.8 Å². The highest BCUT2D eigenvalue weighted by Crippen LogP contribution is 2.20. The molecule has 0 radical (unpaired) electrons. The maximum absolute atomic E-state index is 11.7. The summed E-state index contributed by atoms with van der Waals surface area (Å²) in [6.07, 6.45) is 1.68. The minimum Gasteiger partial charge on any atom is -0.380 e. The predicted octanol–water partition coefficient (Wildman–Crippen LogP) is 1.37. The smallest absolute Gasteiger partial charge is 0.285 e. The molecule has 5 N–H and O–H groups in total. The van der Waals surface area contributed by atoms with Crippen LogP contribution in [0.2, 0.25) is 4.47 Å². The molecule has 0 aliphatic rings. The lowest BCUT2D eigenvalue weighted by Gasteiger charge is -2.05. The summed E-state index contributed by atoms with van der Waals surface area (Å²) in [4.78, 5) is 4.91. The van der Waals surface area contributed by atoms with E-state index in [9.17, 15) is 8.42 Å². The molecule has 112 valence electrons. The Balaban J connectivity index is 2.07. The average molecular weight is 346 g/mol. The van der Waals surface area contributed by atoms with E-state index in [0.717, 1.165) is 10.6 Å². The van der Waals surface area contributed by atoms with Gasteiger partial charge in [-0.25, -0.2) is 4.98 Å². The minimum atomic E-state index is -3.86. The van der Waals surface area contributed by atoms with Crippen molar-refractivity contribution in [1.82, 2.24) is 4.98 Å². The fourth-order valence-corrected chi connectivity index (χ4v) is 3.27. The highest BCUT2D eigenvalue weighted by atomic mass is 35.5. The number of anilines is 1. The van der Waals surface area contributed by atoms with Crippen LogP contribution in [-0.2, 0) is 16.6 Å². The van der Waals surface area contributed by atoms with E-state index in [2.05, 4.69) is 14.7 Å². The first-order valence-corrected chi connectivity index (χ1v) is 8.30. The summed E-state index contributed by atoms with van der Waals surface area (Å²) in [5.41, 5.74) is 10.9. The molecule has 0 spiro atoms. The summed E-state index contributed by atoms with van der Waals surface area (Å²) in [6, 6.07) is 6.09. The van der Waals surface area contributed by atoms with Crippen molar-refractivity contribution in [3.63, 3.8) is 0 Å². The number of hydrogen-bond donors (Lipinski definition) is 3. The number of nitrogens with two attached hydrogens (primary N) is 2. The third-order valence-corrected chi connectivity index (χ3v) is 4.80. The SMILES string of the molecule is NC(N)=NS(=O)(=O)c1ccc(NCc2cnc(Cl)s2)cc1. The molecule has 1 heterocycles. The molecule has 0 aliphatic carbocycles. The van der Waals surface area contributed by atoms with Crippen LogP contribution in [0.1, 0.15) is 4.88 Å². The maximum atomic E-state index is 11.7. The molecule has 0 bridgehead atoms. The van der Waals surface area contributed by atoms with E-state index in [4.69, 9.17) is 23.1 Å². The maximum Gasteiger partial charge on any atom is 0.285 e. The highest BCUT2D eigenvalue weighted by Gasteiger charge is 2.12. The molecular formula is C11H12ClN5O2S2. The summed E-state index contributed by atoms with van der Waals surface area (Å²) >= 11 is 7.11. The van der Waals surface area contributed by atoms with Gasteiger partial charge in [-0.3, -0.25) is 0 Å². The molecule has 21 heavy (non-hydrogen) atoms. The first-order chi connectivity index (χ1) is 9.87. The third kappa shape index (κ3) is 4.31. The Morgan fingerprint density at radius 3 is 2.52 bits per heavy atom. The van der Waals surface area contributed by atoms with Gasteiger partial charge in [0.05, 0.1) is 11.4 Å². The van der Waals surface area contributed by atoms with E-state index in [-0.39, 0.29) is 4.90 Å². The first-order valence-electron chi connectivity index (χ1n) is 5.67. The van der Waals surface area contributed by atoms with Crippen LogP contribution in [0.15, 0.2) is 39.8 Å². The fraction of sp³-hybridized carbons (Fsp3) is 0.0909. The molecule has 0 aliphatic heterocycles. The van der Waals surface area contributed by atoms with Crippen molar-refractivity contribution in [3.8, 4) is 0 Å². The van der Waals surface area contributed by atoms with E-state index in [0.29, 0.717) is 11.0 Å². The number of benzene rings is 1. The van der Waals surface area contributed by atoms with Crippen molar-refractivity contribution in [2.24, 2.45) is 15.9 Å². The molecule has 0 saturated heterocycles. The van der Waals surface area contributed by atoms with E-state index in [1.54, 1.807) is 18.3 Å². The molecule has 1 aromatic carbocycles. The topological polar surface area (TPSA) is 123 Å². The second-order valence-electron chi connectivity index (χ2n) is 3.95. The lowest BCUT2D eigenvalue weighted by molar-refractivity contribution is 0.598. The van der Waals surface area contributed by atoms with Gasteiger partial charge in [0, 0.05) is 16.8 Å². The Morgan fingerprint density at radius 2 is 2.00 bits per heavy atom. The van der Waals surface area contributed by atoms with Crippen molar-refractivity contribution in [2.75, 3.05) is 5.32 Å². The molecule has 0 amide bonds. The molecule has 0 saturated carbocycles. The summed E-state index contributed by atoms with van der Waals surface area (Å²) in [5.74, 6) is -0.501. The number of aromatic nitrogens is 1. The lowest BCUT2D eigenvalue weighted by atomic mass is 10.3. The molecule has 2 aromatic rings. The van der Waals surface area contributed by atoms with Crippen LogP contribution in [-0.4, -0.2) is 19.4 Å². The van der Waals surface area contributed by atoms with Crippen molar-refractivity contribution < 1.29 is 8.42 Å². The zero-order chi connectivity index (χ0) is 15.5. The number of nitrogens with one attached hydrogen (secondary N) is 1. The van der Waals surface area contributed by atoms with Crippen LogP contribution in [0.4, 0.5) is 5.69 Å². The van der Waals surface area contributed by atoms with Crippen LogP contribution in [0, 0.1) is 0 Å². The third-order valence-electron chi connectivity index (χ3n) is 2.37. The largest absolute Gasteiger partial charge is 0.380 e. The summed E-state index contributed by atoms with van der Waals surface area (Å²) < 4.78 is 27.2. The van der Waals surface area contributed by atoms with Crippen molar-refractivity contribution >= 4 is 44.6 Å². The summed E-state index contributed by atoms with van der Waals surface area (Å²) in [7, 11) is -3.86. The number of sulfonamides is 1. The zero-order valence-electron chi connectivity index (χ0n) is 10.7. The van der Waals surface area contributed by atoms with Gasteiger partial charge in [-0.1, -0.05) is 11.6 Å². The molecule has 10 heteroatoms. The highest BCUT2D eigenvalue weighted by molar-refractivity contribution is 7.90. The van der Waals surface area contributed by atoms with E-state index >= 15 is 0 Å².